The van der Waals surface area contributed by atoms with Crippen LogP contribution in [0.4, 0.5) is 14.5 Å². The highest BCUT2D eigenvalue weighted by atomic mass is 19.3. The highest BCUT2D eigenvalue weighted by Gasteiger charge is 2.35. The Labute approximate surface area is 189 Å². The maximum Gasteiger partial charge on any atom is 0.394 e. The minimum atomic E-state index is -3.33. The number of ether oxygens (including phenoxy) is 1. The third-order valence-corrected chi connectivity index (χ3v) is 5.49. The molecule has 1 amide bonds. The van der Waals surface area contributed by atoms with Gasteiger partial charge in [0.1, 0.15) is 18.1 Å². The van der Waals surface area contributed by atoms with E-state index in [1.54, 1.807) is 6.07 Å². The van der Waals surface area contributed by atoms with Crippen molar-refractivity contribution < 1.29 is 23.1 Å². The van der Waals surface area contributed by atoms with Crippen molar-refractivity contribution in [2.75, 3.05) is 5.32 Å². The average molecular weight is 446 g/mol. The third-order valence-electron chi connectivity index (χ3n) is 5.49. The molecule has 3 aromatic carbocycles. The average Bonchev–Trinajstić information content (AvgIpc) is 3.29. The second-order valence-electron chi connectivity index (χ2n) is 7.96. The lowest BCUT2D eigenvalue weighted by atomic mass is 9.98. The number of amides is 1. The minimum Gasteiger partial charge on any atom is -0.433 e. The van der Waals surface area contributed by atoms with Crippen LogP contribution in [0.25, 0.3) is 5.57 Å². The van der Waals surface area contributed by atoms with Crippen LogP contribution < -0.4 is 10.1 Å². The molecule has 7 heteroatoms. The van der Waals surface area contributed by atoms with Crippen molar-refractivity contribution in [3.63, 3.8) is 0 Å². The molecule has 1 N–H and O–H groups in total. The van der Waals surface area contributed by atoms with Crippen LogP contribution in [0.5, 0.6) is 5.75 Å². The zero-order chi connectivity index (χ0) is 23.0. The number of hydrogen-bond donors (Lipinski definition) is 1. The Hall–Kier alpha value is -4.00. The van der Waals surface area contributed by atoms with Crippen molar-refractivity contribution in [1.82, 2.24) is 0 Å². The number of alkyl halides is 2. The second kappa shape index (κ2) is 8.16. The Morgan fingerprint density at radius 3 is 2.55 bits per heavy atom. The fourth-order valence-electron chi connectivity index (χ4n) is 4.12. The van der Waals surface area contributed by atoms with Crippen LogP contribution in [-0.4, -0.2) is 17.7 Å². The van der Waals surface area contributed by atoms with E-state index in [1.165, 1.54) is 12.1 Å². The molecule has 166 valence electrons. The first-order valence-corrected chi connectivity index (χ1v) is 10.5. The summed E-state index contributed by atoms with van der Waals surface area (Å²) in [6, 6.07) is 21.8. The van der Waals surface area contributed by atoms with E-state index in [9.17, 15) is 13.6 Å². The van der Waals surface area contributed by atoms with Crippen LogP contribution in [0.1, 0.15) is 29.2 Å². The van der Waals surface area contributed by atoms with Gasteiger partial charge in [0.15, 0.2) is 0 Å². The van der Waals surface area contributed by atoms with Gasteiger partial charge >= 0.3 is 6.11 Å². The molecule has 0 bridgehead atoms. The molecule has 1 aliphatic carbocycles. The summed E-state index contributed by atoms with van der Waals surface area (Å²) in [5.41, 5.74) is 5.52. The molecule has 0 saturated heterocycles. The molecular formula is C26H20F2N2O3. The fraction of sp³-hybridized carbons (Fsp3) is 0.154. The number of anilines is 1. The van der Waals surface area contributed by atoms with Crippen molar-refractivity contribution in [3.05, 3.63) is 101 Å². The van der Waals surface area contributed by atoms with Crippen LogP contribution in [0.15, 0.2) is 83.5 Å². The number of nitrogens with one attached hydrogen (secondary N) is 1. The molecule has 0 aromatic heterocycles. The number of hydrogen-bond acceptors (Lipinski definition) is 4. The Morgan fingerprint density at radius 1 is 1.00 bits per heavy atom. The van der Waals surface area contributed by atoms with Gasteiger partial charge in [-0.05, 0) is 34.9 Å². The standard InChI is InChI=1S/C26H20F2N2O3/c1-26(27,28)33-18-11-12-22-20(14-18)23(25(31)29-22)21-13-17-9-5-6-10-19(17)24(21)30-32-15-16-7-3-2-4-8-16/h2-12,14H,13,15H2,1H3,(H,29,31)/b23-21+,30-24+. The largest absolute Gasteiger partial charge is 0.433 e. The summed E-state index contributed by atoms with van der Waals surface area (Å²) in [7, 11) is 0. The van der Waals surface area contributed by atoms with E-state index in [2.05, 4.69) is 10.5 Å². The van der Waals surface area contributed by atoms with E-state index in [4.69, 9.17) is 9.57 Å². The Balaban J connectivity index is 1.57. The van der Waals surface area contributed by atoms with E-state index in [-0.39, 0.29) is 18.3 Å². The number of carbonyl (C=O) groups excluding carboxylic acids is 1. The van der Waals surface area contributed by atoms with Gasteiger partial charge in [0.05, 0.1) is 5.57 Å². The van der Waals surface area contributed by atoms with Crippen LogP contribution in [0, 0.1) is 0 Å². The smallest absolute Gasteiger partial charge is 0.394 e. The van der Waals surface area contributed by atoms with E-state index >= 15 is 0 Å². The highest BCUT2D eigenvalue weighted by Crippen LogP contribution is 2.41. The summed E-state index contributed by atoms with van der Waals surface area (Å²) < 4.78 is 31.5. The molecular weight excluding hydrogens is 426 g/mol. The summed E-state index contributed by atoms with van der Waals surface area (Å²) in [6.45, 7) is 0.951. The number of fused-ring (bicyclic) bond motifs is 2. The lowest BCUT2D eigenvalue weighted by Crippen LogP contribution is -2.19. The highest BCUT2D eigenvalue weighted by molar-refractivity contribution is 6.38. The number of halogens is 2. The van der Waals surface area contributed by atoms with Gasteiger partial charge in [-0.1, -0.05) is 59.8 Å². The van der Waals surface area contributed by atoms with Crippen molar-refractivity contribution in [2.24, 2.45) is 5.16 Å². The minimum absolute atomic E-state index is 0.0230. The molecule has 1 aliphatic heterocycles. The first-order valence-electron chi connectivity index (χ1n) is 10.5. The van der Waals surface area contributed by atoms with Gasteiger partial charge in [-0.25, -0.2) is 0 Å². The number of carbonyl (C=O) groups is 1. The van der Waals surface area contributed by atoms with E-state index < -0.39 is 6.11 Å². The number of oxime groups is 1. The molecule has 0 fully saturated rings. The lowest BCUT2D eigenvalue weighted by molar-refractivity contribution is -0.158. The summed E-state index contributed by atoms with van der Waals surface area (Å²) in [6.07, 6.45) is -2.86. The molecule has 5 rings (SSSR count). The van der Waals surface area contributed by atoms with Crippen LogP contribution in [0.3, 0.4) is 0 Å². The Kier molecular flexibility index (Phi) is 5.17. The molecule has 3 aromatic rings. The van der Waals surface area contributed by atoms with Gasteiger partial charge in [-0.3, -0.25) is 4.79 Å². The van der Waals surface area contributed by atoms with Crippen molar-refractivity contribution in [3.8, 4) is 5.75 Å². The van der Waals surface area contributed by atoms with Gasteiger partial charge in [0.2, 0.25) is 0 Å². The maximum absolute atomic E-state index is 13.4. The predicted molar refractivity (Wildman–Crippen MR) is 121 cm³/mol. The van der Waals surface area contributed by atoms with Crippen molar-refractivity contribution in [1.29, 1.82) is 0 Å². The van der Waals surface area contributed by atoms with Gasteiger partial charge in [0.25, 0.3) is 5.91 Å². The molecule has 1 heterocycles. The summed E-state index contributed by atoms with van der Waals surface area (Å²) in [5, 5.41) is 7.21. The molecule has 0 spiro atoms. The summed E-state index contributed by atoms with van der Waals surface area (Å²) in [5.74, 6) is -0.339. The second-order valence-corrected chi connectivity index (χ2v) is 7.96. The molecule has 0 unspecified atom stereocenters. The molecule has 0 atom stereocenters. The van der Waals surface area contributed by atoms with Gasteiger partial charge < -0.3 is 14.9 Å². The molecule has 5 nitrogen and oxygen atoms in total. The third kappa shape index (κ3) is 4.22. The van der Waals surface area contributed by atoms with E-state index in [1.807, 2.05) is 54.6 Å². The van der Waals surface area contributed by atoms with Crippen molar-refractivity contribution in [2.45, 2.75) is 26.1 Å². The zero-order valence-corrected chi connectivity index (χ0v) is 17.8. The van der Waals surface area contributed by atoms with Gasteiger partial charge in [-0.15, -0.1) is 0 Å². The quantitative estimate of drug-likeness (QED) is 0.412. The van der Waals surface area contributed by atoms with E-state index in [0.29, 0.717) is 41.5 Å². The van der Waals surface area contributed by atoms with Crippen LogP contribution >= 0.6 is 0 Å². The molecule has 33 heavy (non-hydrogen) atoms. The van der Waals surface area contributed by atoms with Crippen LogP contribution in [-0.2, 0) is 22.7 Å². The molecule has 0 saturated carbocycles. The SMILES string of the molecule is CC(F)(F)Oc1ccc2c(c1)/C(=C1/Cc3ccccc3/C1=N\OCc1ccccc1)C(=O)N2. The lowest BCUT2D eigenvalue weighted by Gasteiger charge is -2.14. The Bertz CT molecular complexity index is 1290. The summed E-state index contributed by atoms with van der Waals surface area (Å²) >= 11 is 0. The van der Waals surface area contributed by atoms with Gasteiger partial charge in [-0.2, -0.15) is 8.78 Å². The fourth-order valence-corrected chi connectivity index (χ4v) is 4.12. The van der Waals surface area contributed by atoms with E-state index in [0.717, 1.165) is 16.7 Å². The number of nitrogens with zero attached hydrogens (tertiary/aromatic N) is 1. The topological polar surface area (TPSA) is 59.9 Å². The monoisotopic (exact) mass is 446 g/mol. The number of allylic oxidation sites excluding steroid dienone is 1. The predicted octanol–water partition coefficient (Wildman–Crippen LogP) is 5.56. The first-order chi connectivity index (χ1) is 15.9. The van der Waals surface area contributed by atoms with Crippen molar-refractivity contribution >= 4 is 22.9 Å². The summed E-state index contributed by atoms with van der Waals surface area (Å²) in [4.78, 5) is 18.6. The first kappa shape index (κ1) is 20.9. The number of benzene rings is 3. The Morgan fingerprint density at radius 2 is 1.76 bits per heavy atom. The van der Waals surface area contributed by atoms with Crippen LogP contribution in [0.2, 0.25) is 0 Å². The zero-order valence-electron chi connectivity index (χ0n) is 17.8. The molecule has 2 aliphatic rings. The molecule has 0 radical (unpaired) electrons. The van der Waals surface area contributed by atoms with Gasteiger partial charge in [0, 0.05) is 30.2 Å². The normalized spacial score (nSPS) is 18.2. The maximum atomic E-state index is 13.4. The number of rotatable bonds is 5.